The molecule has 6 nitrogen and oxygen atoms in total. The molecule has 0 amide bonds. The van der Waals surface area contributed by atoms with Gasteiger partial charge in [0.15, 0.2) is 19.7 Å². The van der Waals surface area contributed by atoms with Gasteiger partial charge in [-0.15, -0.1) is 11.3 Å². The molecule has 0 bridgehead atoms. The maximum absolute atomic E-state index is 13.2. The number of nitrogens with one attached hydrogen (secondary N) is 1. The van der Waals surface area contributed by atoms with Crippen molar-refractivity contribution >= 4 is 31.0 Å². The molecule has 1 aliphatic heterocycles. The first kappa shape index (κ1) is 21.4. The Labute approximate surface area is 169 Å². The predicted molar refractivity (Wildman–Crippen MR) is 109 cm³/mol. The molecule has 2 aromatic rings. The lowest BCUT2D eigenvalue weighted by atomic mass is 10.1. The van der Waals surface area contributed by atoms with Crippen LogP contribution < -0.4 is 5.32 Å². The number of thiophene rings is 1. The predicted octanol–water partition coefficient (Wildman–Crippen LogP) is 1.72. The van der Waals surface area contributed by atoms with E-state index in [0.717, 1.165) is 16.9 Å². The second kappa shape index (κ2) is 8.19. The number of hydrogen-bond acceptors (Lipinski definition) is 7. The highest BCUT2D eigenvalue weighted by Crippen LogP contribution is 2.29. The van der Waals surface area contributed by atoms with Crippen LogP contribution in [0, 0.1) is 5.82 Å². The molecule has 10 heteroatoms. The number of benzene rings is 1. The highest BCUT2D eigenvalue weighted by Gasteiger charge is 2.46. The van der Waals surface area contributed by atoms with Crippen molar-refractivity contribution in [1.29, 1.82) is 0 Å². The first-order valence-corrected chi connectivity index (χ1v) is 13.0. The van der Waals surface area contributed by atoms with Crippen molar-refractivity contribution in [2.24, 2.45) is 0 Å². The summed E-state index contributed by atoms with van der Waals surface area (Å²) in [5.41, 5.74) is 0.859. The highest BCUT2D eigenvalue weighted by molar-refractivity contribution is 7.97. The molecule has 1 unspecified atom stereocenters. The van der Waals surface area contributed by atoms with Crippen LogP contribution in [0.1, 0.15) is 11.6 Å². The molecule has 0 saturated carbocycles. The van der Waals surface area contributed by atoms with Crippen molar-refractivity contribution in [3.63, 3.8) is 0 Å². The molecule has 154 valence electrons. The van der Waals surface area contributed by atoms with Gasteiger partial charge in [0.1, 0.15) is 10.0 Å². The van der Waals surface area contributed by atoms with E-state index in [-0.39, 0.29) is 27.6 Å². The fraction of sp³-hybridized carbons (Fsp3) is 0.444. The zero-order valence-corrected chi connectivity index (χ0v) is 18.0. The molecule has 0 spiro atoms. The van der Waals surface area contributed by atoms with Crippen molar-refractivity contribution in [2.45, 2.75) is 21.5 Å². The molecular weight excluding hydrogens is 423 g/mol. The number of hydrogen-bond donors (Lipinski definition) is 1. The lowest BCUT2D eigenvalue weighted by Gasteiger charge is -2.28. The maximum atomic E-state index is 13.2. The second-order valence-electron chi connectivity index (χ2n) is 7.14. The second-order valence-corrected chi connectivity index (χ2v) is 12.6. The minimum absolute atomic E-state index is 0.158. The summed E-state index contributed by atoms with van der Waals surface area (Å²) in [5, 5.41) is 3.80. The van der Waals surface area contributed by atoms with Crippen LogP contribution in [0.15, 0.2) is 46.0 Å². The van der Waals surface area contributed by atoms with Gasteiger partial charge in [-0.05, 0) is 43.2 Å². The molecule has 28 heavy (non-hydrogen) atoms. The summed E-state index contributed by atoms with van der Waals surface area (Å²) in [7, 11) is -3.47. The van der Waals surface area contributed by atoms with E-state index in [9.17, 15) is 21.2 Å². The maximum Gasteiger partial charge on any atom is 0.193 e. The minimum Gasteiger partial charge on any atom is -0.310 e. The Bertz CT molecular complexity index is 1000. The van der Waals surface area contributed by atoms with Gasteiger partial charge < -0.3 is 10.2 Å². The van der Waals surface area contributed by atoms with Crippen LogP contribution in [-0.4, -0.2) is 65.2 Å². The van der Waals surface area contributed by atoms with Gasteiger partial charge >= 0.3 is 0 Å². The third kappa shape index (κ3) is 4.62. The van der Waals surface area contributed by atoms with Crippen molar-refractivity contribution < 1.29 is 21.2 Å². The lowest BCUT2D eigenvalue weighted by molar-refractivity contribution is 0.281. The zero-order valence-electron chi connectivity index (χ0n) is 15.6. The monoisotopic (exact) mass is 446 g/mol. The topological polar surface area (TPSA) is 83.6 Å². The summed E-state index contributed by atoms with van der Waals surface area (Å²) in [6.45, 7) is 0.343. The van der Waals surface area contributed by atoms with E-state index in [1.807, 2.05) is 19.0 Å². The van der Waals surface area contributed by atoms with Crippen LogP contribution in [0.3, 0.4) is 0 Å². The fourth-order valence-electron chi connectivity index (χ4n) is 3.43. The summed E-state index contributed by atoms with van der Waals surface area (Å²) in [6, 6.07) is 8.38. The molecule has 0 aliphatic carbocycles. The lowest BCUT2D eigenvalue weighted by Crippen LogP contribution is -2.46. The Morgan fingerprint density at radius 1 is 1.21 bits per heavy atom. The van der Waals surface area contributed by atoms with Crippen molar-refractivity contribution in [1.82, 2.24) is 10.2 Å². The Kier molecular flexibility index (Phi) is 6.26. The molecule has 2 heterocycles. The Hall–Kier alpha value is -1.33. The van der Waals surface area contributed by atoms with E-state index in [1.165, 1.54) is 18.2 Å². The summed E-state index contributed by atoms with van der Waals surface area (Å²) in [4.78, 5) is 1.92. The molecule has 3 rings (SSSR count). The van der Waals surface area contributed by atoms with E-state index in [0.29, 0.717) is 6.54 Å². The molecule has 1 saturated heterocycles. The molecule has 1 aromatic heterocycles. The average molecular weight is 447 g/mol. The minimum atomic E-state index is -3.74. The molecule has 1 fully saturated rings. The standard InChI is InChI=1S/C18H23FN2O4S3/c1-21(2)16(13-5-7-14(19)8-6-13)10-20-15-11-27(22,23)12-17(15)28(24,25)18-4-3-9-26-18/h3-9,15-17,20H,10-12H2,1-2H3/t15-,16?,17-/m0/s1. The van der Waals surface area contributed by atoms with Gasteiger partial charge in [-0.1, -0.05) is 18.2 Å². The van der Waals surface area contributed by atoms with Gasteiger partial charge in [0.25, 0.3) is 0 Å². The van der Waals surface area contributed by atoms with Gasteiger partial charge in [0.2, 0.25) is 0 Å². The average Bonchev–Trinajstić information content (AvgIpc) is 3.25. The Balaban J connectivity index is 1.81. The fourth-order valence-corrected chi connectivity index (χ4v) is 9.37. The smallest absolute Gasteiger partial charge is 0.193 e. The summed E-state index contributed by atoms with van der Waals surface area (Å²) < 4.78 is 63.7. The van der Waals surface area contributed by atoms with E-state index in [4.69, 9.17) is 0 Å². The summed E-state index contributed by atoms with van der Waals surface area (Å²) in [5.74, 6) is -0.932. The number of halogens is 1. The van der Waals surface area contributed by atoms with Crippen LogP contribution in [0.25, 0.3) is 0 Å². The number of nitrogens with zero attached hydrogens (tertiary/aromatic N) is 1. The molecule has 0 radical (unpaired) electrons. The molecular formula is C18H23FN2O4S3. The number of rotatable bonds is 7. The van der Waals surface area contributed by atoms with Crippen LogP contribution in [0.2, 0.25) is 0 Å². The van der Waals surface area contributed by atoms with Crippen LogP contribution in [0.5, 0.6) is 0 Å². The highest BCUT2D eigenvalue weighted by atomic mass is 32.2. The van der Waals surface area contributed by atoms with Crippen LogP contribution in [0.4, 0.5) is 4.39 Å². The van der Waals surface area contributed by atoms with Crippen LogP contribution >= 0.6 is 11.3 Å². The van der Waals surface area contributed by atoms with E-state index in [2.05, 4.69) is 5.32 Å². The SMILES string of the molecule is CN(C)C(CN[C@H]1CS(=O)(=O)C[C@@H]1S(=O)(=O)c1cccs1)c1ccc(F)cc1. The first-order chi connectivity index (χ1) is 13.1. The van der Waals surface area contributed by atoms with Crippen molar-refractivity contribution in [3.8, 4) is 0 Å². The number of likely N-dealkylation sites (N-methyl/N-ethyl adjacent to an activating group) is 1. The van der Waals surface area contributed by atoms with Gasteiger partial charge in [-0.2, -0.15) is 0 Å². The molecule has 1 N–H and O–H groups in total. The summed E-state index contributed by atoms with van der Waals surface area (Å²) in [6.07, 6.45) is 0. The van der Waals surface area contributed by atoms with Gasteiger partial charge in [-0.3, -0.25) is 0 Å². The van der Waals surface area contributed by atoms with Crippen molar-refractivity contribution in [3.05, 3.63) is 53.2 Å². The van der Waals surface area contributed by atoms with Gasteiger partial charge in [-0.25, -0.2) is 21.2 Å². The normalized spacial score (nSPS) is 23.1. The number of sulfone groups is 2. The Morgan fingerprint density at radius 3 is 2.46 bits per heavy atom. The third-order valence-electron chi connectivity index (χ3n) is 4.93. The van der Waals surface area contributed by atoms with Gasteiger partial charge in [0.05, 0.1) is 16.8 Å². The zero-order chi connectivity index (χ0) is 20.5. The quantitative estimate of drug-likeness (QED) is 0.697. The first-order valence-electron chi connectivity index (χ1n) is 8.73. The molecule has 1 aliphatic rings. The Morgan fingerprint density at radius 2 is 1.89 bits per heavy atom. The summed E-state index contributed by atoms with van der Waals surface area (Å²) >= 11 is 1.09. The third-order valence-corrected chi connectivity index (χ3v) is 10.5. The van der Waals surface area contributed by atoms with E-state index in [1.54, 1.807) is 23.6 Å². The van der Waals surface area contributed by atoms with E-state index < -0.39 is 31.0 Å². The van der Waals surface area contributed by atoms with Crippen LogP contribution in [-0.2, 0) is 19.7 Å². The largest absolute Gasteiger partial charge is 0.310 e. The molecule has 1 aromatic carbocycles. The van der Waals surface area contributed by atoms with Gasteiger partial charge in [0, 0.05) is 18.6 Å². The molecule has 3 atom stereocenters. The van der Waals surface area contributed by atoms with Crippen molar-refractivity contribution in [2.75, 3.05) is 32.1 Å². The van der Waals surface area contributed by atoms with E-state index >= 15 is 0 Å².